The first-order valence-corrected chi connectivity index (χ1v) is 9.93. The summed E-state index contributed by atoms with van der Waals surface area (Å²) in [5.41, 5.74) is 1.82. The lowest BCUT2D eigenvalue weighted by atomic mass is 10.1. The van der Waals surface area contributed by atoms with Gasteiger partial charge >= 0.3 is 5.97 Å². The zero-order valence-electron chi connectivity index (χ0n) is 15.8. The number of rotatable bonds is 4. The normalized spacial score (nSPS) is 11.1. The van der Waals surface area contributed by atoms with E-state index >= 15 is 4.39 Å². The molecule has 2 aromatic heterocycles. The molecule has 7 heteroatoms. The van der Waals surface area contributed by atoms with Crippen LogP contribution in [-0.4, -0.2) is 15.6 Å². The van der Waals surface area contributed by atoms with Gasteiger partial charge in [0, 0.05) is 23.7 Å². The Balaban J connectivity index is 1.96. The smallest absolute Gasteiger partial charge is 0.341 e. The van der Waals surface area contributed by atoms with Crippen LogP contribution < -0.4 is 10.00 Å². The summed E-state index contributed by atoms with van der Waals surface area (Å²) >= 11 is 1.41. The number of aromatic nitrogens is 2. The molecule has 0 unspecified atom stereocenters. The van der Waals surface area contributed by atoms with Gasteiger partial charge in [-0.2, -0.15) is 4.57 Å². The fourth-order valence-electron chi connectivity index (χ4n) is 3.48. The Labute approximate surface area is 169 Å². The molecule has 0 aliphatic rings. The number of nitrogens with zero attached hydrogens (tertiary/aromatic N) is 2. The Morgan fingerprint density at radius 2 is 1.97 bits per heavy atom. The number of aryl methyl sites for hydroxylation is 1. The summed E-state index contributed by atoms with van der Waals surface area (Å²) in [6.45, 7) is 2.30. The third kappa shape index (κ3) is 3.13. The molecule has 4 aromatic rings. The number of carboxylic acids is 1. The summed E-state index contributed by atoms with van der Waals surface area (Å²) < 4.78 is 18.6. The predicted molar refractivity (Wildman–Crippen MR) is 111 cm³/mol. The molecule has 4 rings (SSSR count). The van der Waals surface area contributed by atoms with Gasteiger partial charge in [-0.25, -0.2) is 9.18 Å². The van der Waals surface area contributed by atoms with E-state index in [1.807, 2.05) is 54.3 Å². The van der Waals surface area contributed by atoms with Crippen molar-refractivity contribution in [3.8, 4) is 21.8 Å². The molecule has 0 saturated carbocycles. The van der Waals surface area contributed by atoms with Crippen LogP contribution in [0.1, 0.15) is 17.3 Å². The molecule has 1 N–H and O–H groups in total. The Bertz CT molecular complexity index is 1310. The summed E-state index contributed by atoms with van der Waals surface area (Å²) in [6.07, 6.45) is 1.32. The lowest BCUT2D eigenvalue weighted by molar-refractivity contribution is -0.644. The Morgan fingerprint density at radius 1 is 1.24 bits per heavy atom. The van der Waals surface area contributed by atoms with E-state index in [0.29, 0.717) is 22.6 Å². The largest absolute Gasteiger partial charge is 0.477 e. The van der Waals surface area contributed by atoms with Crippen LogP contribution in [0, 0.1) is 5.82 Å². The number of pyridine rings is 1. The van der Waals surface area contributed by atoms with Gasteiger partial charge in [-0.3, -0.25) is 4.79 Å². The molecule has 2 aromatic carbocycles. The quantitative estimate of drug-likeness (QED) is 0.517. The zero-order chi connectivity index (χ0) is 20.7. The first-order chi connectivity index (χ1) is 13.9. The van der Waals surface area contributed by atoms with Crippen molar-refractivity contribution in [3.63, 3.8) is 0 Å². The van der Waals surface area contributed by atoms with E-state index in [9.17, 15) is 14.7 Å². The van der Waals surface area contributed by atoms with Crippen molar-refractivity contribution >= 4 is 28.2 Å². The first-order valence-electron chi connectivity index (χ1n) is 9.05. The van der Waals surface area contributed by atoms with Crippen LogP contribution in [0.2, 0.25) is 0 Å². The molecular weight excluding hydrogens is 391 g/mol. The molecule has 0 atom stereocenters. The summed E-state index contributed by atoms with van der Waals surface area (Å²) in [5.74, 6) is -1.88. The number of fused-ring (bicyclic) bond motifs is 1. The fourth-order valence-corrected chi connectivity index (χ4v) is 4.54. The number of thiazole rings is 1. The van der Waals surface area contributed by atoms with Crippen LogP contribution in [-0.2, 0) is 13.6 Å². The maximum Gasteiger partial charge on any atom is 0.341 e. The average molecular weight is 409 g/mol. The topological polar surface area (TPSA) is 63.2 Å². The third-order valence-corrected chi connectivity index (χ3v) is 6.05. The molecule has 0 amide bonds. The number of carboxylic acid groups (broad SMARTS) is 1. The second-order valence-corrected chi connectivity index (χ2v) is 7.52. The van der Waals surface area contributed by atoms with Crippen molar-refractivity contribution in [1.29, 1.82) is 0 Å². The fraction of sp³-hybridized carbons (Fsp3) is 0.136. The van der Waals surface area contributed by atoms with Gasteiger partial charge in [-0.05, 0) is 31.2 Å². The molecule has 0 saturated heterocycles. The van der Waals surface area contributed by atoms with E-state index in [0.717, 1.165) is 17.3 Å². The number of hydrogen-bond donors (Lipinski definition) is 1. The minimum absolute atomic E-state index is 0.0653. The van der Waals surface area contributed by atoms with Gasteiger partial charge in [0.1, 0.15) is 18.4 Å². The molecular formula is C22H18FN2O3S+. The highest BCUT2D eigenvalue weighted by Crippen LogP contribution is 2.31. The molecule has 5 nitrogen and oxygen atoms in total. The second-order valence-electron chi connectivity index (χ2n) is 6.66. The van der Waals surface area contributed by atoms with Crippen molar-refractivity contribution in [2.75, 3.05) is 0 Å². The van der Waals surface area contributed by atoms with Crippen molar-refractivity contribution in [3.05, 3.63) is 75.6 Å². The second kappa shape index (κ2) is 7.25. The molecule has 0 spiro atoms. The summed E-state index contributed by atoms with van der Waals surface area (Å²) in [7, 11) is 1.87. The van der Waals surface area contributed by atoms with Gasteiger partial charge in [-0.1, -0.05) is 29.5 Å². The lowest BCUT2D eigenvalue weighted by Crippen LogP contribution is -2.30. The third-order valence-electron chi connectivity index (χ3n) is 4.99. The number of hydrogen-bond acceptors (Lipinski definition) is 3. The minimum atomic E-state index is -1.32. The molecule has 0 bridgehead atoms. The van der Waals surface area contributed by atoms with Crippen molar-refractivity contribution in [1.82, 2.24) is 4.57 Å². The average Bonchev–Trinajstić information content (AvgIpc) is 3.10. The first kappa shape index (κ1) is 19.0. The Morgan fingerprint density at radius 3 is 2.62 bits per heavy atom. The molecule has 0 radical (unpaired) electrons. The number of halogens is 1. The zero-order valence-corrected chi connectivity index (χ0v) is 16.7. The highest BCUT2D eigenvalue weighted by molar-refractivity contribution is 7.13. The summed E-state index contributed by atoms with van der Waals surface area (Å²) in [6, 6.07) is 12.6. The molecule has 0 aliphatic carbocycles. The minimum Gasteiger partial charge on any atom is -0.477 e. The van der Waals surface area contributed by atoms with Crippen LogP contribution in [0.4, 0.5) is 4.39 Å². The molecule has 0 fully saturated rings. The standard InChI is InChI=1S/C22H17FN2O3S/c1-3-25-11-16(22(27)28)20(26)15-9-17(23)14(10-18(15)25)21-24(2)19(12-29-21)13-7-5-4-6-8-13/h4-12H,3H2,1-2H3/p+1. The van der Waals surface area contributed by atoms with Crippen molar-refractivity contribution in [2.24, 2.45) is 7.05 Å². The van der Waals surface area contributed by atoms with Crippen LogP contribution in [0.5, 0.6) is 0 Å². The SMILES string of the molecule is CCn1cc(C(=O)O)c(=O)c2cc(F)c(-c3scc(-c4ccccc4)[n+]3C)cc21. The predicted octanol–water partition coefficient (Wildman–Crippen LogP) is 4.08. The monoisotopic (exact) mass is 409 g/mol. The van der Waals surface area contributed by atoms with E-state index in [1.54, 1.807) is 10.6 Å². The Hall–Kier alpha value is -3.32. The number of carbonyl (C=O) groups is 1. The van der Waals surface area contributed by atoms with Crippen LogP contribution in [0.15, 0.2) is 58.8 Å². The van der Waals surface area contributed by atoms with Crippen molar-refractivity contribution in [2.45, 2.75) is 13.5 Å². The van der Waals surface area contributed by atoms with E-state index in [2.05, 4.69) is 0 Å². The Kier molecular flexibility index (Phi) is 4.76. The molecule has 146 valence electrons. The van der Waals surface area contributed by atoms with E-state index in [1.165, 1.54) is 17.5 Å². The van der Waals surface area contributed by atoms with Gasteiger partial charge in [0.2, 0.25) is 11.1 Å². The van der Waals surface area contributed by atoms with Gasteiger partial charge in [-0.15, -0.1) is 0 Å². The van der Waals surface area contributed by atoms with E-state index in [-0.39, 0.29) is 10.9 Å². The molecule has 2 heterocycles. The number of aromatic carboxylic acids is 1. The van der Waals surface area contributed by atoms with Crippen LogP contribution >= 0.6 is 11.3 Å². The highest BCUT2D eigenvalue weighted by atomic mass is 32.1. The summed E-state index contributed by atoms with van der Waals surface area (Å²) in [4.78, 5) is 23.9. The lowest BCUT2D eigenvalue weighted by Gasteiger charge is -2.11. The van der Waals surface area contributed by atoms with E-state index in [4.69, 9.17) is 0 Å². The van der Waals surface area contributed by atoms with Gasteiger partial charge in [0.15, 0.2) is 0 Å². The number of benzene rings is 2. The maximum atomic E-state index is 15.0. The maximum absolute atomic E-state index is 15.0. The molecule has 0 aliphatic heterocycles. The van der Waals surface area contributed by atoms with Crippen molar-refractivity contribution < 1.29 is 18.9 Å². The summed E-state index contributed by atoms with van der Waals surface area (Å²) in [5, 5.41) is 12.0. The molecule has 29 heavy (non-hydrogen) atoms. The van der Waals surface area contributed by atoms with Crippen LogP contribution in [0.3, 0.4) is 0 Å². The van der Waals surface area contributed by atoms with Gasteiger partial charge in [0.05, 0.1) is 16.5 Å². The van der Waals surface area contributed by atoms with Gasteiger partial charge in [0.25, 0.3) is 5.01 Å². The highest BCUT2D eigenvalue weighted by Gasteiger charge is 2.24. The van der Waals surface area contributed by atoms with Gasteiger partial charge < -0.3 is 9.67 Å². The van der Waals surface area contributed by atoms with E-state index < -0.39 is 17.2 Å². The van der Waals surface area contributed by atoms with Crippen LogP contribution in [0.25, 0.3) is 32.7 Å².